The van der Waals surface area contributed by atoms with Crippen LogP contribution in [0.1, 0.15) is 23.1 Å². The van der Waals surface area contributed by atoms with E-state index in [0.717, 1.165) is 29.7 Å². The van der Waals surface area contributed by atoms with Crippen LogP contribution in [0.25, 0.3) is 10.9 Å². The van der Waals surface area contributed by atoms with Gasteiger partial charge in [-0.05, 0) is 43.0 Å². The average Bonchev–Trinajstić information content (AvgIpc) is 2.91. The number of aliphatic hydroxyl groups excluding tert-OH is 1. The molecule has 0 aliphatic carbocycles. The van der Waals surface area contributed by atoms with E-state index in [4.69, 9.17) is 4.98 Å². The van der Waals surface area contributed by atoms with Crippen LogP contribution < -0.4 is 0 Å². The molecule has 3 nitrogen and oxygen atoms in total. The summed E-state index contributed by atoms with van der Waals surface area (Å²) in [4.78, 5) is 8.37. The van der Waals surface area contributed by atoms with Crippen LogP contribution in [0, 0.1) is 6.92 Å². The van der Waals surface area contributed by atoms with Crippen molar-refractivity contribution in [2.45, 2.75) is 33.0 Å². The normalized spacial score (nSPS) is 12.9. The van der Waals surface area contributed by atoms with Crippen molar-refractivity contribution in [2.75, 3.05) is 6.54 Å². The molecule has 1 atom stereocenters. The van der Waals surface area contributed by atoms with E-state index in [2.05, 4.69) is 41.5 Å². The Morgan fingerprint density at radius 3 is 2.70 bits per heavy atom. The number of aromatic nitrogens is 1. The maximum atomic E-state index is 9.81. The van der Waals surface area contributed by atoms with Crippen LogP contribution in [0.15, 0.2) is 47.8 Å². The second-order valence-electron chi connectivity index (χ2n) is 6.04. The minimum atomic E-state index is -0.351. The molecule has 0 saturated carbocycles. The van der Waals surface area contributed by atoms with E-state index in [1.54, 1.807) is 11.3 Å². The van der Waals surface area contributed by atoms with Crippen molar-refractivity contribution < 1.29 is 5.11 Å². The van der Waals surface area contributed by atoms with Gasteiger partial charge in [0.15, 0.2) is 0 Å². The number of hydrogen-bond acceptors (Lipinski definition) is 4. The van der Waals surface area contributed by atoms with Gasteiger partial charge in [-0.15, -0.1) is 11.3 Å². The van der Waals surface area contributed by atoms with Crippen molar-refractivity contribution in [2.24, 2.45) is 0 Å². The van der Waals surface area contributed by atoms with Gasteiger partial charge in [-0.3, -0.25) is 9.88 Å². The molecule has 1 unspecified atom stereocenters. The molecule has 120 valence electrons. The standard InChI is InChI=1S/C19H22N2OS/c1-14-9-10-23-19(14)13-21(11-15(2)22)12-17-8-7-16-5-3-4-6-18(16)20-17/h3-10,15,22H,11-13H2,1-2H3. The maximum Gasteiger partial charge on any atom is 0.0705 e. The van der Waals surface area contributed by atoms with E-state index in [1.165, 1.54) is 10.4 Å². The third kappa shape index (κ3) is 4.16. The molecular weight excluding hydrogens is 304 g/mol. The molecule has 1 aromatic carbocycles. The predicted octanol–water partition coefficient (Wildman–Crippen LogP) is 3.99. The van der Waals surface area contributed by atoms with Crippen molar-refractivity contribution in [3.8, 4) is 0 Å². The second-order valence-corrected chi connectivity index (χ2v) is 7.04. The van der Waals surface area contributed by atoms with E-state index in [1.807, 2.05) is 25.1 Å². The Labute approximate surface area is 141 Å². The Kier molecular flexibility index (Phi) is 5.06. The largest absolute Gasteiger partial charge is 0.392 e. The molecule has 2 heterocycles. The van der Waals surface area contributed by atoms with E-state index >= 15 is 0 Å². The summed E-state index contributed by atoms with van der Waals surface area (Å²) in [6.07, 6.45) is -0.351. The lowest BCUT2D eigenvalue weighted by atomic mass is 10.2. The van der Waals surface area contributed by atoms with Gasteiger partial charge in [-0.25, -0.2) is 0 Å². The number of nitrogens with zero attached hydrogens (tertiary/aromatic N) is 2. The molecule has 3 rings (SSSR count). The number of aliphatic hydroxyl groups is 1. The van der Waals surface area contributed by atoms with E-state index in [-0.39, 0.29) is 6.10 Å². The highest BCUT2D eigenvalue weighted by atomic mass is 32.1. The van der Waals surface area contributed by atoms with Crippen LogP contribution in [0.2, 0.25) is 0 Å². The lowest BCUT2D eigenvalue weighted by Crippen LogP contribution is -2.30. The maximum absolute atomic E-state index is 9.81. The Hall–Kier alpha value is -1.75. The number of benzene rings is 1. The molecule has 4 heteroatoms. The summed E-state index contributed by atoms with van der Waals surface area (Å²) in [6.45, 7) is 6.21. The van der Waals surface area contributed by atoms with Gasteiger partial charge in [0.05, 0.1) is 17.3 Å². The minimum Gasteiger partial charge on any atom is -0.392 e. The first-order valence-corrected chi connectivity index (χ1v) is 8.78. The number of hydrogen-bond donors (Lipinski definition) is 1. The first-order valence-electron chi connectivity index (χ1n) is 7.90. The molecule has 0 radical (unpaired) electrons. The molecule has 3 aromatic rings. The fourth-order valence-electron chi connectivity index (χ4n) is 2.75. The summed E-state index contributed by atoms with van der Waals surface area (Å²) < 4.78 is 0. The van der Waals surface area contributed by atoms with Crippen LogP contribution in [0.4, 0.5) is 0 Å². The van der Waals surface area contributed by atoms with Crippen molar-refractivity contribution in [1.29, 1.82) is 0 Å². The average molecular weight is 326 g/mol. The van der Waals surface area contributed by atoms with Crippen molar-refractivity contribution in [3.05, 3.63) is 64.0 Å². The highest BCUT2D eigenvalue weighted by Crippen LogP contribution is 2.20. The predicted molar refractivity (Wildman–Crippen MR) is 96.6 cm³/mol. The molecule has 0 spiro atoms. The Balaban J connectivity index is 1.80. The monoisotopic (exact) mass is 326 g/mol. The molecule has 2 aromatic heterocycles. The number of fused-ring (bicyclic) bond motifs is 1. The van der Waals surface area contributed by atoms with Crippen molar-refractivity contribution in [3.63, 3.8) is 0 Å². The number of para-hydroxylation sites is 1. The smallest absolute Gasteiger partial charge is 0.0705 e. The van der Waals surface area contributed by atoms with Crippen LogP contribution in [0.3, 0.4) is 0 Å². The highest BCUT2D eigenvalue weighted by molar-refractivity contribution is 7.10. The van der Waals surface area contributed by atoms with Crippen LogP contribution in [-0.2, 0) is 13.1 Å². The second kappa shape index (κ2) is 7.21. The first kappa shape index (κ1) is 16.1. The molecule has 0 amide bonds. The topological polar surface area (TPSA) is 36.4 Å². The van der Waals surface area contributed by atoms with Gasteiger partial charge in [0.1, 0.15) is 0 Å². The molecule has 0 saturated heterocycles. The van der Waals surface area contributed by atoms with Gasteiger partial charge in [0, 0.05) is 29.9 Å². The Bertz CT molecular complexity index is 782. The van der Waals surface area contributed by atoms with Crippen molar-refractivity contribution >= 4 is 22.2 Å². The van der Waals surface area contributed by atoms with Gasteiger partial charge in [0.25, 0.3) is 0 Å². The Morgan fingerprint density at radius 1 is 1.13 bits per heavy atom. The van der Waals surface area contributed by atoms with E-state index < -0.39 is 0 Å². The summed E-state index contributed by atoms with van der Waals surface area (Å²) in [5, 5.41) is 13.1. The first-order chi connectivity index (χ1) is 11.1. The number of rotatable bonds is 6. The van der Waals surface area contributed by atoms with Crippen molar-refractivity contribution in [1.82, 2.24) is 9.88 Å². The third-order valence-electron chi connectivity index (χ3n) is 3.90. The summed E-state index contributed by atoms with van der Waals surface area (Å²) in [5.74, 6) is 0. The third-order valence-corrected chi connectivity index (χ3v) is 4.91. The zero-order valence-electron chi connectivity index (χ0n) is 13.6. The van der Waals surface area contributed by atoms with Gasteiger partial charge >= 0.3 is 0 Å². The summed E-state index contributed by atoms with van der Waals surface area (Å²) in [6, 6.07) is 14.5. The molecule has 0 aliphatic heterocycles. The Morgan fingerprint density at radius 2 is 1.96 bits per heavy atom. The fraction of sp³-hybridized carbons (Fsp3) is 0.316. The van der Waals surface area contributed by atoms with Crippen LogP contribution in [0.5, 0.6) is 0 Å². The van der Waals surface area contributed by atoms with E-state index in [9.17, 15) is 5.11 Å². The molecular formula is C19H22N2OS. The number of aryl methyl sites for hydroxylation is 1. The van der Waals surface area contributed by atoms with Gasteiger partial charge in [-0.1, -0.05) is 24.3 Å². The van der Waals surface area contributed by atoms with Gasteiger partial charge < -0.3 is 5.11 Å². The zero-order chi connectivity index (χ0) is 16.2. The summed E-state index contributed by atoms with van der Waals surface area (Å²) in [5.41, 5.74) is 3.38. The van der Waals surface area contributed by atoms with Crippen LogP contribution >= 0.6 is 11.3 Å². The fourth-order valence-corrected chi connectivity index (χ4v) is 3.70. The number of pyridine rings is 1. The highest BCUT2D eigenvalue weighted by Gasteiger charge is 2.13. The SMILES string of the molecule is Cc1ccsc1CN(Cc1ccc2ccccc2n1)CC(C)O. The molecule has 0 fully saturated rings. The molecule has 1 N–H and O–H groups in total. The summed E-state index contributed by atoms with van der Waals surface area (Å²) >= 11 is 1.77. The zero-order valence-corrected chi connectivity index (χ0v) is 14.4. The molecule has 0 aliphatic rings. The molecule has 23 heavy (non-hydrogen) atoms. The minimum absolute atomic E-state index is 0.351. The molecule has 0 bridgehead atoms. The summed E-state index contributed by atoms with van der Waals surface area (Å²) in [7, 11) is 0. The van der Waals surface area contributed by atoms with E-state index in [0.29, 0.717) is 6.54 Å². The van der Waals surface area contributed by atoms with Crippen LogP contribution in [-0.4, -0.2) is 27.6 Å². The quantitative estimate of drug-likeness (QED) is 0.744. The lowest BCUT2D eigenvalue weighted by molar-refractivity contribution is 0.118. The number of thiophene rings is 1. The van der Waals surface area contributed by atoms with Gasteiger partial charge in [-0.2, -0.15) is 0 Å². The van der Waals surface area contributed by atoms with Gasteiger partial charge in [0.2, 0.25) is 0 Å². The lowest BCUT2D eigenvalue weighted by Gasteiger charge is -2.23.